The summed E-state index contributed by atoms with van der Waals surface area (Å²) in [7, 11) is 0. The highest BCUT2D eigenvalue weighted by Crippen LogP contribution is 2.33. The van der Waals surface area contributed by atoms with Gasteiger partial charge in [0.25, 0.3) is 5.91 Å². The number of amides is 1. The van der Waals surface area contributed by atoms with Crippen LogP contribution < -0.4 is 10.1 Å². The van der Waals surface area contributed by atoms with Crippen LogP contribution >= 0.6 is 11.3 Å². The molecule has 142 valence electrons. The molecule has 0 radical (unpaired) electrons. The number of thiophene rings is 1. The van der Waals surface area contributed by atoms with Crippen LogP contribution in [-0.2, 0) is 0 Å². The van der Waals surface area contributed by atoms with E-state index in [1.54, 1.807) is 36.4 Å². The molecule has 1 aromatic heterocycles. The number of carbonyl (C=O) groups excluding carboxylic acids is 2. The number of nitrogens with zero attached hydrogens (tertiary/aromatic N) is 1. The van der Waals surface area contributed by atoms with Gasteiger partial charge in [-0.3, -0.25) is 14.5 Å². The molecule has 0 saturated carbocycles. The van der Waals surface area contributed by atoms with Crippen LogP contribution in [0.2, 0.25) is 0 Å². The highest BCUT2D eigenvalue weighted by Gasteiger charge is 2.40. The lowest BCUT2D eigenvalue weighted by Crippen LogP contribution is -2.62. The van der Waals surface area contributed by atoms with Gasteiger partial charge in [-0.1, -0.05) is 23.5 Å². The lowest BCUT2D eigenvalue weighted by Gasteiger charge is -2.49. The minimum absolute atomic E-state index is 0.00154. The molecule has 1 N–H and O–H groups in total. The van der Waals surface area contributed by atoms with Gasteiger partial charge >= 0.3 is 0 Å². The number of fused-ring (bicyclic) bond motifs is 3. The van der Waals surface area contributed by atoms with Crippen molar-refractivity contribution in [2.24, 2.45) is 5.92 Å². The summed E-state index contributed by atoms with van der Waals surface area (Å²) in [5.74, 6) is 1.15. The maximum atomic E-state index is 12.7. The number of piperidine rings is 3. The summed E-state index contributed by atoms with van der Waals surface area (Å²) in [6.07, 6.45) is 2.33. The van der Waals surface area contributed by atoms with E-state index in [0.29, 0.717) is 33.2 Å². The van der Waals surface area contributed by atoms with Crippen molar-refractivity contribution in [3.8, 4) is 10.8 Å². The Bertz CT molecular complexity index is 853. The van der Waals surface area contributed by atoms with Crippen LogP contribution in [-0.4, -0.2) is 41.8 Å². The maximum Gasteiger partial charge on any atom is 0.261 e. The molecule has 2 bridgehead atoms. The molecule has 2 aromatic rings. The van der Waals surface area contributed by atoms with Crippen LogP contribution in [0.1, 0.15) is 46.7 Å². The van der Waals surface area contributed by atoms with E-state index in [2.05, 4.69) is 17.1 Å². The zero-order valence-electron chi connectivity index (χ0n) is 15.6. The first-order chi connectivity index (χ1) is 13.0. The first-order valence-electron chi connectivity index (χ1n) is 9.45. The summed E-state index contributed by atoms with van der Waals surface area (Å²) < 4.78 is 5.84. The Hall–Kier alpha value is -2.18. The van der Waals surface area contributed by atoms with Gasteiger partial charge in [0.05, 0.1) is 4.88 Å². The SMILES string of the molecule is CC(=O)c1cccc(Oc2ccc(C(=O)NC3C4CCN(CC4)C3C)s2)c1. The van der Waals surface area contributed by atoms with E-state index in [1.165, 1.54) is 31.1 Å². The zero-order chi connectivity index (χ0) is 19.0. The average molecular weight is 385 g/mol. The predicted molar refractivity (Wildman–Crippen MR) is 106 cm³/mol. The number of ether oxygens (including phenoxy) is 1. The first-order valence-corrected chi connectivity index (χ1v) is 10.3. The first kappa shape index (κ1) is 18.2. The second-order valence-corrected chi connectivity index (χ2v) is 8.46. The third-order valence-corrected chi connectivity index (χ3v) is 6.70. The highest BCUT2D eigenvalue weighted by atomic mass is 32.1. The Labute approximate surface area is 163 Å². The Morgan fingerprint density at radius 1 is 1.19 bits per heavy atom. The van der Waals surface area contributed by atoms with Crippen LogP contribution in [0.3, 0.4) is 0 Å². The van der Waals surface area contributed by atoms with Crippen molar-refractivity contribution in [2.45, 2.75) is 38.8 Å². The number of benzene rings is 1. The normalized spacial score (nSPS) is 26.6. The smallest absolute Gasteiger partial charge is 0.261 e. The van der Waals surface area contributed by atoms with Gasteiger partial charge in [0.15, 0.2) is 10.8 Å². The molecule has 2 unspecified atom stereocenters. The largest absolute Gasteiger partial charge is 0.447 e. The van der Waals surface area contributed by atoms with E-state index in [-0.39, 0.29) is 17.7 Å². The summed E-state index contributed by atoms with van der Waals surface area (Å²) in [5, 5.41) is 3.89. The molecule has 3 aliphatic rings. The second-order valence-electron chi connectivity index (χ2n) is 7.42. The monoisotopic (exact) mass is 384 g/mol. The Kier molecular flexibility index (Phi) is 5.02. The van der Waals surface area contributed by atoms with Crippen molar-refractivity contribution in [1.29, 1.82) is 0 Å². The zero-order valence-corrected chi connectivity index (χ0v) is 16.4. The van der Waals surface area contributed by atoms with E-state index >= 15 is 0 Å². The van der Waals surface area contributed by atoms with Crippen molar-refractivity contribution in [3.05, 3.63) is 46.8 Å². The van der Waals surface area contributed by atoms with Gasteiger partial charge < -0.3 is 10.1 Å². The second kappa shape index (κ2) is 7.44. The van der Waals surface area contributed by atoms with E-state index < -0.39 is 0 Å². The van der Waals surface area contributed by atoms with Crippen molar-refractivity contribution in [1.82, 2.24) is 10.2 Å². The van der Waals surface area contributed by atoms with Crippen molar-refractivity contribution in [3.63, 3.8) is 0 Å². The van der Waals surface area contributed by atoms with E-state index in [1.807, 2.05) is 0 Å². The molecule has 5 nitrogen and oxygen atoms in total. The topological polar surface area (TPSA) is 58.6 Å². The molecule has 4 heterocycles. The molecule has 2 atom stereocenters. The minimum Gasteiger partial charge on any atom is -0.447 e. The maximum absolute atomic E-state index is 12.7. The van der Waals surface area contributed by atoms with Crippen molar-refractivity contribution < 1.29 is 14.3 Å². The van der Waals surface area contributed by atoms with Gasteiger partial charge in [0.2, 0.25) is 0 Å². The number of nitrogens with one attached hydrogen (secondary N) is 1. The summed E-state index contributed by atoms with van der Waals surface area (Å²) in [5.41, 5.74) is 0.610. The summed E-state index contributed by atoms with van der Waals surface area (Å²) in [6.45, 7) is 6.03. The Morgan fingerprint density at radius 3 is 2.67 bits per heavy atom. The summed E-state index contributed by atoms with van der Waals surface area (Å²) in [4.78, 5) is 27.3. The van der Waals surface area contributed by atoms with Gasteiger partial charge in [-0.2, -0.15) is 0 Å². The van der Waals surface area contributed by atoms with Crippen molar-refractivity contribution in [2.75, 3.05) is 13.1 Å². The predicted octanol–water partition coefficient (Wildman–Crippen LogP) is 3.96. The van der Waals surface area contributed by atoms with Crippen LogP contribution in [0.5, 0.6) is 10.8 Å². The van der Waals surface area contributed by atoms with Gasteiger partial charge in [-0.15, -0.1) is 0 Å². The molecular formula is C21H24N2O3S. The van der Waals surface area contributed by atoms with Crippen LogP contribution in [0.25, 0.3) is 0 Å². The standard InChI is InChI=1S/C21H24N2O3S/c1-13-20(15-8-10-23(13)11-9-15)22-21(25)18-6-7-19(27-18)26-17-5-3-4-16(12-17)14(2)24/h3-7,12-13,15,20H,8-11H2,1-2H3,(H,22,25). The Morgan fingerprint density at radius 2 is 1.96 bits per heavy atom. The minimum atomic E-state index is -0.0297. The number of hydrogen-bond acceptors (Lipinski definition) is 5. The quantitative estimate of drug-likeness (QED) is 0.793. The fraction of sp³-hybridized carbons (Fsp3) is 0.429. The van der Waals surface area contributed by atoms with Gasteiger partial charge in [0.1, 0.15) is 5.75 Å². The van der Waals surface area contributed by atoms with Crippen LogP contribution in [0.4, 0.5) is 0 Å². The number of rotatable bonds is 5. The number of carbonyl (C=O) groups is 2. The highest BCUT2D eigenvalue weighted by molar-refractivity contribution is 7.15. The van der Waals surface area contributed by atoms with Gasteiger partial charge in [-0.05, 0) is 70.0 Å². The third kappa shape index (κ3) is 3.77. The molecule has 0 aliphatic carbocycles. The molecule has 0 spiro atoms. The Balaban J connectivity index is 1.42. The fourth-order valence-electron chi connectivity index (χ4n) is 4.16. The van der Waals surface area contributed by atoms with Crippen LogP contribution in [0, 0.1) is 5.92 Å². The van der Waals surface area contributed by atoms with E-state index in [0.717, 1.165) is 13.1 Å². The average Bonchev–Trinajstić information content (AvgIpc) is 3.14. The molecule has 1 aromatic carbocycles. The molecule has 3 fully saturated rings. The molecule has 6 heteroatoms. The van der Waals surface area contributed by atoms with E-state index in [9.17, 15) is 9.59 Å². The number of Topliss-reactive ketones (excluding diaryl/α,β-unsaturated/α-hetero) is 1. The van der Waals surface area contributed by atoms with Gasteiger partial charge in [-0.25, -0.2) is 0 Å². The summed E-state index contributed by atoms with van der Waals surface area (Å²) in [6, 6.07) is 11.3. The van der Waals surface area contributed by atoms with Gasteiger partial charge in [0, 0.05) is 17.6 Å². The molecular weight excluding hydrogens is 360 g/mol. The van der Waals surface area contributed by atoms with Crippen molar-refractivity contribution >= 4 is 23.0 Å². The molecule has 5 rings (SSSR count). The molecule has 27 heavy (non-hydrogen) atoms. The number of hydrogen-bond donors (Lipinski definition) is 1. The number of ketones is 1. The third-order valence-electron chi connectivity index (χ3n) is 5.74. The molecule has 1 amide bonds. The lowest BCUT2D eigenvalue weighted by atomic mass is 9.79. The molecule has 3 saturated heterocycles. The summed E-state index contributed by atoms with van der Waals surface area (Å²) >= 11 is 1.33. The molecule has 3 aliphatic heterocycles. The van der Waals surface area contributed by atoms with E-state index in [4.69, 9.17) is 4.74 Å². The lowest BCUT2D eigenvalue weighted by molar-refractivity contribution is 0.0218. The van der Waals surface area contributed by atoms with Crippen LogP contribution in [0.15, 0.2) is 36.4 Å². The fourth-order valence-corrected chi connectivity index (χ4v) is 4.94.